The summed E-state index contributed by atoms with van der Waals surface area (Å²) in [5, 5.41) is 19.0. The van der Waals surface area contributed by atoms with E-state index in [1.54, 1.807) is 6.07 Å². The van der Waals surface area contributed by atoms with Crippen molar-refractivity contribution in [1.29, 1.82) is 5.41 Å². The van der Waals surface area contributed by atoms with E-state index in [1.165, 1.54) is 12.1 Å². The van der Waals surface area contributed by atoms with Gasteiger partial charge in [-0.15, -0.1) is 0 Å². The topological polar surface area (TPSA) is 77.3 Å². The van der Waals surface area contributed by atoms with Gasteiger partial charge >= 0.3 is 0 Å². The number of hydrogen-bond donors (Lipinski definition) is 3. The van der Waals surface area contributed by atoms with Crippen molar-refractivity contribution >= 4 is 22.7 Å². The van der Waals surface area contributed by atoms with Crippen LogP contribution in [-0.4, -0.2) is 45.8 Å². The number of halogens is 1. The van der Waals surface area contributed by atoms with Crippen LogP contribution in [0.25, 0.3) is 22.7 Å². The van der Waals surface area contributed by atoms with E-state index in [0.717, 1.165) is 38.9 Å². The van der Waals surface area contributed by atoms with Crippen molar-refractivity contribution in [3.63, 3.8) is 0 Å². The molecule has 1 aromatic heterocycles. The molecular formula is C27H25FN4O2. The molecule has 3 heterocycles. The molecule has 0 amide bonds. The summed E-state index contributed by atoms with van der Waals surface area (Å²) in [4.78, 5) is 5.25. The zero-order valence-corrected chi connectivity index (χ0v) is 18.8. The van der Waals surface area contributed by atoms with E-state index in [0.29, 0.717) is 25.4 Å². The quantitative estimate of drug-likeness (QED) is 0.428. The summed E-state index contributed by atoms with van der Waals surface area (Å²) in [6.45, 7) is 1.66. The highest BCUT2D eigenvalue weighted by Crippen LogP contribution is 2.38. The number of imidazole rings is 1. The number of aromatic nitrogens is 2. The van der Waals surface area contributed by atoms with Gasteiger partial charge in [0, 0.05) is 24.7 Å². The monoisotopic (exact) mass is 456 g/mol. The third kappa shape index (κ3) is 3.45. The van der Waals surface area contributed by atoms with Gasteiger partial charge in [-0.2, -0.15) is 0 Å². The second-order valence-corrected chi connectivity index (χ2v) is 9.12. The van der Waals surface area contributed by atoms with Crippen molar-refractivity contribution in [2.75, 3.05) is 20.1 Å². The first kappa shape index (κ1) is 20.9. The molecule has 6 nitrogen and oxygen atoms in total. The van der Waals surface area contributed by atoms with E-state index in [4.69, 9.17) is 10.1 Å². The minimum Gasteiger partial charge on any atom is -0.488 e. The van der Waals surface area contributed by atoms with Crippen LogP contribution in [0, 0.1) is 11.2 Å². The first-order chi connectivity index (χ1) is 16.5. The first-order valence-electron chi connectivity index (χ1n) is 11.4. The third-order valence-electron chi connectivity index (χ3n) is 6.78. The Hall–Kier alpha value is -3.68. The van der Waals surface area contributed by atoms with Crippen LogP contribution in [0.3, 0.4) is 0 Å². The zero-order valence-electron chi connectivity index (χ0n) is 18.8. The van der Waals surface area contributed by atoms with Gasteiger partial charge in [0.15, 0.2) is 0 Å². The fourth-order valence-corrected chi connectivity index (χ4v) is 5.19. The largest absolute Gasteiger partial charge is 0.488 e. The van der Waals surface area contributed by atoms with Crippen LogP contribution < -0.4 is 10.4 Å². The normalized spacial score (nSPS) is 21.3. The molecule has 7 heteroatoms. The lowest BCUT2D eigenvalue weighted by Gasteiger charge is -2.16. The summed E-state index contributed by atoms with van der Waals surface area (Å²) in [6, 6.07) is 18.6. The fraction of sp³-hybridized carbons (Fsp3) is 0.222. The average molecular weight is 457 g/mol. The van der Waals surface area contributed by atoms with Crippen LogP contribution in [0.2, 0.25) is 0 Å². The number of likely N-dealkylation sites (tertiary alicyclic amines) is 1. The fourth-order valence-electron chi connectivity index (χ4n) is 5.19. The van der Waals surface area contributed by atoms with Crippen LogP contribution in [0.1, 0.15) is 28.3 Å². The van der Waals surface area contributed by atoms with Crippen molar-refractivity contribution in [3.8, 4) is 5.75 Å². The van der Waals surface area contributed by atoms with E-state index in [9.17, 15) is 9.50 Å². The minimum absolute atomic E-state index is 0.164. The Morgan fingerprint density at radius 3 is 2.76 bits per heavy atom. The number of aliphatic hydroxyl groups is 1. The van der Waals surface area contributed by atoms with Crippen LogP contribution in [-0.2, 0) is 6.61 Å². The smallest absolute Gasteiger partial charge is 0.200 e. The summed E-state index contributed by atoms with van der Waals surface area (Å²) in [5.41, 5.74) is 6.83. The standard InChI is InChI=1S/C27H25FN4O2/c1-31-13-24(25(33)14-31)32-23-9-6-16(11-22(23)30-27(32)29)10-21-19-5-3-2-4-17(19)15-34-26-12-18(28)7-8-20(21)26/h2-12,24-25,33H,13-15H2,1H3,(H2,29,30)/b21-10+/t24-,25-/m0/s1. The highest BCUT2D eigenvalue weighted by molar-refractivity contribution is 5.95. The van der Waals surface area contributed by atoms with Crippen LogP contribution in [0.5, 0.6) is 5.75 Å². The number of hydrogen-bond acceptors (Lipinski definition) is 4. The van der Waals surface area contributed by atoms with Crippen molar-refractivity contribution in [2.45, 2.75) is 18.8 Å². The summed E-state index contributed by atoms with van der Waals surface area (Å²) >= 11 is 0. The number of H-pyrrole nitrogens is 1. The minimum atomic E-state index is -0.515. The number of aliphatic hydroxyl groups excluding tert-OH is 1. The molecular weight excluding hydrogens is 431 g/mol. The summed E-state index contributed by atoms with van der Waals surface area (Å²) in [7, 11) is 1.98. The number of aromatic amines is 1. The van der Waals surface area contributed by atoms with Gasteiger partial charge in [0.05, 0.1) is 23.2 Å². The second kappa shape index (κ2) is 7.97. The SMILES string of the molecule is CN1C[C@H](O)[C@@H](n2c(=N)[nH]c3cc(/C=C4\c5ccccc5COc5cc(F)ccc54)ccc32)C1. The van der Waals surface area contributed by atoms with Gasteiger partial charge in [-0.05, 0) is 59.7 Å². The molecule has 172 valence electrons. The van der Waals surface area contributed by atoms with E-state index in [-0.39, 0.29) is 17.5 Å². The Bertz CT molecular complexity index is 1500. The van der Waals surface area contributed by atoms with Crippen molar-refractivity contribution in [2.24, 2.45) is 0 Å². The first-order valence-corrected chi connectivity index (χ1v) is 11.4. The molecule has 0 aliphatic carbocycles. The van der Waals surface area contributed by atoms with Crippen LogP contribution in [0.15, 0.2) is 60.7 Å². The predicted molar refractivity (Wildman–Crippen MR) is 129 cm³/mol. The molecule has 2 atom stereocenters. The van der Waals surface area contributed by atoms with Crippen LogP contribution in [0.4, 0.5) is 4.39 Å². The molecule has 0 radical (unpaired) electrons. The van der Waals surface area contributed by atoms with Gasteiger partial charge in [0.25, 0.3) is 0 Å². The van der Waals surface area contributed by atoms with E-state index in [1.807, 2.05) is 48.0 Å². The number of nitrogens with zero attached hydrogens (tertiary/aromatic N) is 2. The summed E-state index contributed by atoms with van der Waals surface area (Å²) in [5.74, 6) is 0.193. The predicted octanol–water partition coefficient (Wildman–Crippen LogP) is 3.92. The highest BCUT2D eigenvalue weighted by atomic mass is 19.1. The number of likely N-dealkylation sites (N-methyl/N-ethyl adjacent to an activating group) is 1. The Morgan fingerprint density at radius 2 is 1.94 bits per heavy atom. The molecule has 34 heavy (non-hydrogen) atoms. The lowest BCUT2D eigenvalue weighted by molar-refractivity contribution is 0.146. The molecule has 4 aromatic rings. The lowest BCUT2D eigenvalue weighted by atomic mass is 9.92. The van der Waals surface area contributed by atoms with E-state index in [2.05, 4.69) is 22.0 Å². The van der Waals surface area contributed by atoms with Gasteiger partial charge in [0.1, 0.15) is 18.2 Å². The maximum absolute atomic E-state index is 14.0. The van der Waals surface area contributed by atoms with Gasteiger partial charge in [0.2, 0.25) is 5.62 Å². The van der Waals surface area contributed by atoms with Gasteiger partial charge < -0.3 is 24.3 Å². The van der Waals surface area contributed by atoms with Crippen LogP contribution >= 0.6 is 0 Å². The van der Waals surface area contributed by atoms with Crippen molar-refractivity contribution in [1.82, 2.24) is 14.5 Å². The summed E-state index contributed by atoms with van der Waals surface area (Å²) < 4.78 is 21.8. The third-order valence-corrected chi connectivity index (χ3v) is 6.78. The Labute approximate surface area is 196 Å². The Morgan fingerprint density at radius 1 is 1.09 bits per heavy atom. The number of nitrogens with one attached hydrogen (secondary N) is 2. The second-order valence-electron chi connectivity index (χ2n) is 9.12. The molecule has 0 spiro atoms. The molecule has 0 unspecified atom stereocenters. The van der Waals surface area contributed by atoms with Crippen molar-refractivity contribution in [3.05, 3.63) is 94.4 Å². The van der Waals surface area contributed by atoms with Gasteiger partial charge in [-0.25, -0.2) is 4.39 Å². The lowest BCUT2D eigenvalue weighted by Crippen LogP contribution is -2.30. The molecule has 3 N–H and O–H groups in total. The molecule has 0 bridgehead atoms. The Kier molecular flexibility index (Phi) is 4.90. The number of ether oxygens (including phenoxy) is 1. The molecule has 6 rings (SSSR count). The molecule has 1 saturated heterocycles. The van der Waals surface area contributed by atoms with Gasteiger partial charge in [-0.1, -0.05) is 30.3 Å². The Balaban J connectivity index is 1.49. The molecule has 1 fully saturated rings. The van der Waals surface area contributed by atoms with E-state index >= 15 is 0 Å². The average Bonchev–Trinajstić information content (AvgIpc) is 3.27. The van der Waals surface area contributed by atoms with E-state index < -0.39 is 6.10 Å². The maximum atomic E-state index is 14.0. The van der Waals surface area contributed by atoms with Crippen molar-refractivity contribution < 1.29 is 14.2 Å². The molecule has 3 aromatic carbocycles. The molecule has 2 aliphatic rings. The molecule has 2 aliphatic heterocycles. The summed E-state index contributed by atoms with van der Waals surface area (Å²) in [6.07, 6.45) is 1.57. The maximum Gasteiger partial charge on any atom is 0.200 e. The number of benzene rings is 3. The highest BCUT2D eigenvalue weighted by Gasteiger charge is 2.32. The number of fused-ring (bicyclic) bond motifs is 3. The zero-order chi connectivity index (χ0) is 23.4. The van der Waals surface area contributed by atoms with Gasteiger partial charge in [-0.3, -0.25) is 5.41 Å². The number of rotatable bonds is 2. The number of β-amino-alcohol motifs (C(OH)–C–C–N with tert-alkyl or cyclic N) is 1. The molecule has 0 saturated carbocycles.